The molecule has 14 heavy (non-hydrogen) atoms. The Balaban J connectivity index is 3.07. The van der Waals surface area contributed by atoms with Crippen LogP contribution in [0.2, 0.25) is 0 Å². The molecule has 1 aromatic rings. The van der Waals surface area contributed by atoms with Gasteiger partial charge in [-0.05, 0) is 24.1 Å². The van der Waals surface area contributed by atoms with E-state index in [9.17, 15) is 4.79 Å². The first kappa shape index (κ1) is 10.5. The number of rotatable bonds is 3. The Labute approximate surface area is 84.2 Å². The molecule has 0 spiro atoms. The van der Waals surface area contributed by atoms with Gasteiger partial charge in [-0.2, -0.15) is 0 Å². The predicted molar refractivity (Wildman–Crippen MR) is 56.8 cm³/mol. The van der Waals surface area contributed by atoms with E-state index in [1.165, 1.54) is 14.0 Å². The quantitative estimate of drug-likeness (QED) is 0.541. The number of hydrogen-bond donors (Lipinski definition) is 0. The topological polar surface area (TPSA) is 26.3 Å². The molecule has 0 saturated heterocycles. The zero-order valence-electron chi connectivity index (χ0n) is 8.70. The lowest BCUT2D eigenvalue weighted by Gasteiger charge is -2.03. The van der Waals surface area contributed by atoms with E-state index in [4.69, 9.17) is 4.74 Å². The molecule has 0 N–H and O–H groups in total. The second-order valence-corrected chi connectivity index (χ2v) is 3.13. The van der Waals surface area contributed by atoms with Crippen molar-refractivity contribution in [2.24, 2.45) is 0 Å². The molecule has 0 heterocycles. The van der Waals surface area contributed by atoms with Gasteiger partial charge in [0.2, 0.25) is 0 Å². The second kappa shape index (κ2) is 4.61. The molecule has 0 bridgehead atoms. The fourth-order valence-corrected chi connectivity index (χ4v) is 1.19. The lowest BCUT2D eigenvalue weighted by Crippen LogP contribution is -1.98. The van der Waals surface area contributed by atoms with Crippen LogP contribution in [0, 0.1) is 6.92 Å². The maximum atomic E-state index is 11.1. The molecule has 0 saturated carbocycles. The third-order valence-corrected chi connectivity index (χ3v) is 2.04. The van der Waals surface area contributed by atoms with E-state index < -0.39 is 0 Å². The highest BCUT2D eigenvalue weighted by atomic mass is 16.5. The van der Waals surface area contributed by atoms with Crippen LogP contribution in [-0.2, 0) is 9.53 Å². The Kier molecular flexibility index (Phi) is 3.46. The molecule has 0 aliphatic rings. The molecule has 0 atom stereocenters. The minimum absolute atomic E-state index is 0.0595. The van der Waals surface area contributed by atoms with Crippen LogP contribution in [0.1, 0.15) is 18.1 Å². The standard InChI is InChI=1S/C12H14O2/c1-9-6-4-5-7-11(9)8-12(14-3)10(2)13/h4-8H,1-3H3/b12-8-. The molecule has 0 aliphatic heterocycles. The van der Waals surface area contributed by atoms with Crippen LogP contribution >= 0.6 is 0 Å². The largest absolute Gasteiger partial charge is 0.493 e. The van der Waals surface area contributed by atoms with Crippen LogP contribution < -0.4 is 0 Å². The summed E-state index contributed by atoms with van der Waals surface area (Å²) in [7, 11) is 1.51. The Bertz CT molecular complexity index is 364. The highest BCUT2D eigenvalue weighted by molar-refractivity contribution is 5.95. The number of aryl methyl sites for hydroxylation is 1. The van der Waals surface area contributed by atoms with Gasteiger partial charge < -0.3 is 4.74 Å². The van der Waals surface area contributed by atoms with E-state index in [0.717, 1.165) is 11.1 Å². The Morgan fingerprint density at radius 3 is 2.50 bits per heavy atom. The summed E-state index contributed by atoms with van der Waals surface area (Å²) in [5.74, 6) is 0.329. The molecule has 0 amide bonds. The van der Waals surface area contributed by atoms with Crippen LogP contribution in [0.15, 0.2) is 30.0 Å². The maximum Gasteiger partial charge on any atom is 0.194 e. The molecule has 1 rings (SSSR count). The van der Waals surface area contributed by atoms with Crippen molar-refractivity contribution in [2.45, 2.75) is 13.8 Å². The second-order valence-electron chi connectivity index (χ2n) is 3.13. The Morgan fingerprint density at radius 2 is 2.00 bits per heavy atom. The fourth-order valence-electron chi connectivity index (χ4n) is 1.19. The van der Waals surface area contributed by atoms with Crippen molar-refractivity contribution in [1.82, 2.24) is 0 Å². The van der Waals surface area contributed by atoms with E-state index >= 15 is 0 Å². The zero-order valence-corrected chi connectivity index (χ0v) is 8.70. The first-order valence-electron chi connectivity index (χ1n) is 4.47. The lowest BCUT2D eigenvalue weighted by molar-refractivity contribution is -0.116. The number of allylic oxidation sites excluding steroid dienone is 1. The van der Waals surface area contributed by atoms with Crippen molar-refractivity contribution in [3.8, 4) is 0 Å². The molecular weight excluding hydrogens is 176 g/mol. The number of ketones is 1. The van der Waals surface area contributed by atoms with E-state index in [1.54, 1.807) is 6.08 Å². The summed E-state index contributed by atoms with van der Waals surface area (Å²) in [6.07, 6.45) is 1.76. The van der Waals surface area contributed by atoms with Crippen molar-refractivity contribution in [3.05, 3.63) is 41.2 Å². The lowest BCUT2D eigenvalue weighted by atomic mass is 10.1. The highest BCUT2D eigenvalue weighted by Crippen LogP contribution is 2.12. The number of carbonyl (C=O) groups is 1. The van der Waals surface area contributed by atoms with Gasteiger partial charge in [-0.1, -0.05) is 24.3 Å². The summed E-state index contributed by atoms with van der Waals surface area (Å²) in [4.78, 5) is 11.1. The number of ether oxygens (including phenoxy) is 1. The Hall–Kier alpha value is -1.57. The first-order valence-corrected chi connectivity index (χ1v) is 4.47. The van der Waals surface area contributed by atoms with E-state index in [1.807, 2.05) is 31.2 Å². The molecule has 0 radical (unpaired) electrons. The molecule has 0 aromatic heterocycles. The van der Waals surface area contributed by atoms with Crippen LogP contribution in [0.4, 0.5) is 0 Å². The van der Waals surface area contributed by atoms with Crippen molar-refractivity contribution in [1.29, 1.82) is 0 Å². The number of hydrogen-bond acceptors (Lipinski definition) is 2. The zero-order chi connectivity index (χ0) is 10.6. The minimum Gasteiger partial charge on any atom is -0.493 e. The highest BCUT2D eigenvalue weighted by Gasteiger charge is 2.03. The van der Waals surface area contributed by atoms with Gasteiger partial charge in [0.15, 0.2) is 11.5 Å². The summed E-state index contributed by atoms with van der Waals surface area (Å²) in [6, 6.07) is 7.86. The van der Waals surface area contributed by atoms with Gasteiger partial charge in [-0.25, -0.2) is 0 Å². The number of benzene rings is 1. The molecule has 74 valence electrons. The third kappa shape index (κ3) is 2.46. The molecule has 0 aliphatic carbocycles. The SMILES string of the molecule is CO/C(=C\c1ccccc1C)C(C)=O. The number of methoxy groups -OCH3 is 1. The molecular formula is C12H14O2. The van der Waals surface area contributed by atoms with Crippen LogP contribution in [0.25, 0.3) is 6.08 Å². The van der Waals surface area contributed by atoms with Gasteiger partial charge in [-0.15, -0.1) is 0 Å². The van der Waals surface area contributed by atoms with Crippen LogP contribution in [0.3, 0.4) is 0 Å². The monoisotopic (exact) mass is 190 g/mol. The average molecular weight is 190 g/mol. The molecule has 1 aromatic carbocycles. The summed E-state index contributed by atoms with van der Waals surface area (Å²) in [5.41, 5.74) is 2.14. The number of carbonyl (C=O) groups excluding carboxylic acids is 1. The van der Waals surface area contributed by atoms with Crippen molar-refractivity contribution < 1.29 is 9.53 Å². The number of Topliss-reactive ketones (excluding diaryl/α,β-unsaturated/α-hetero) is 1. The van der Waals surface area contributed by atoms with Gasteiger partial charge in [0, 0.05) is 6.92 Å². The maximum absolute atomic E-state index is 11.1. The van der Waals surface area contributed by atoms with Crippen LogP contribution in [-0.4, -0.2) is 12.9 Å². The minimum atomic E-state index is -0.0595. The van der Waals surface area contributed by atoms with Gasteiger partial charge in [0.25, 0.3) is 0 Å². The summed E-state index contributed by atoms with van der Waals surface area (Å²) in [5, 5.41) is 0. The summed E-state index contributed by atoms with van der Waals surface area (Å²) in [6.45, 7) is 3.49. The predicted octanol–water partition coefficient (Wildman–Crippen LogP) is 2.57. The van der Waals surface area contributed by atoms with Crippen molar-refractivity contribution in [3.63, 3.8) is 0 Å². The molecule has 0 fully saturated rings. The Morgan fingerprint density at radius 1 is 1.36 bits per heavy atom. The van der Waals surface area contributed by atoms with Crippen LogP contribution in [0.5, 0.6) is 0 Å². The van der Waals surface area contributed by atoms with E-state index in [0.29, 0.717) is 5.76 Å². The molecule has 0 unspecified atom stereocenters. The van der Waals surface area contributed by atoms with Gasteiger partial charge in [-0.3, -0.25) is 4.79 Å². The van der Waals surface area contributed by atoms with Gasteiger partial charge >= 0.3 is 0 Å². The van der Waals surface area contributed by atoms with Crippen molar-refractivity contribution >= 4 is 11.9 Å². The molecule has 2 heteroatoms. The third-order valence-electron chi connectivity index (χ3n) is 2.04. The smallest absolute Gasteiger partial charge is 0.194 e. The normalized spacial score (nSPS) is 11.2. The first-order chi connectivity index (χ1) is 6.65. The van der Waals surface area contributed by atoms with Gasteiger partial charge in [0.1, 0.15) is 0 Å². The van der Waals surface area contributed by atoms with Gasteiger partial charge in [0.05, 0.1) is 7.11 Å². The summed E-state index contributed by atoms with van der Waals surface area (Å²) < 4.78 is 4.98. The van der Waals surface area contributed by atoms with E-state index in [2.05, 4.69) is 0 Å². The average Bonchev–Trinajstić information content (AvgIpc) is 2.16. The van der Waals surface area contributed by atoms with E-state index in [-0.39, 0.29) is 5.78 Å². The van der Waals surface area contributed by atoms with Crippen molar-refractivity contribution in [2.75, 3.05) is 7.11 Å². The summed E-state index contributed by atoms with van der Waals surface area (Å²) >= 11 is 0. The molecule has 2 nitrogen and oxygen atoms in total. The fraction of sp³-hybridized carbons (Fsp3) is 0.250.